The van der Waals surface area contributed by atoms with E-state index in [2.05, 4.69) is 13.8 Å². The van der Waals surface area contributed by atoms with Crippen LogP contribution in [0.25, 0.3) is 0 Å². The Morgan fingerprint density at radius 2 is 1.76 bits per heavy atom. The zero-order chi connectivity index (χ0) is 12.5. The Balaban J connectivity index is 2.05. The van der Waals surface area contributed by atoms with Gasteiger partial charge in [0.25, 0.3) is 0 Å². The first-order chi connectivity index (χ1) is 8.24. The Bertz CT molecular complexity index is 327. The first-order valence-electron chi connectivity index (χ1n) is 6.82. The maximum Gasteiger partial charge on any atom is 0.163 e. The van der Waals surface area contributed by atoms with Gasteiger partial charge in [-0.15, -0.1) is 11.3 Å². The molecule has 0 unspecified atom stereocenters. The van der Waals surface area contributed by atoms with Crippen LogP contribution in [0.15, 0.2) is 11.4 Å². The van der Waals surface area contributed by atoms with Crippen molar-refractivity contribution in [2.45, 2.75) is 65.2 Å². The van der Waals surface area contributed by atoms with Crippen LogP contribution in [-0.4, -0.2) is 5.78 Å². The van der Waals surface area contributed by atoms with Crippen molar-refractivity contribution in [1.82, 2.24) is 0 Å². The minimum atomic E-state index is 0.322. The van der Waals surface area contributed by atoms with Crippen LogP contribution in [0, 0.1) is 6.92 Å². The Hall–Kier alpha value is -0.630. The number of carbonyl (C=O) groups is 1. The first kappa shape index (κ1) is 14.4. The Morgan fingerprint density at radius 1 is 1.12 bits per heavy atom. The van der Waals surface area contributed by atoms with Crippen LogP contribution >= 0.6 is 11.3 Å². The fraction of sp³-hybridized carbons (Fsp3) is 0.667. The number of ketones is 1. The second-order valence-corrected chi connectivity index (χ2v) is 5.86. The summed E-state index contributed by atoms with van der Waals surface area (Å²) in [5.41, 5.74) is 0.915. The van der Waals surface area contributed by atoms with Crippen molar-refractivity contribution in [3.05, 3.63) is 21.9 Å². The second-order valence-electron chi connectivity index (χ2n) is 4.74. The third kappa shape index (κ3) is 6.02. The molecule has 0 fully saturated rings. The van der Waals surface area contributed by atoms with Crippen LogP contribution < -0.4 is 0 Å². The predicted octanol–water partition coefficient (Wildman–Crippen LogP) is 5.38. The molecule has 1 aromatic rings. The van der Waals surface area contributed by atoms with Crippen molar-refractivity contribution in [2.24, 2.45) is 0 Å². The van der Waals surface area contributed by atoms with Gasteiger partial charge < -0.3 is 0 Å². The highest BCUT2D eigenvalue weighted by Gasteiger charge is 2.06. The Kier molecular flexibility index (Phi) is 7.18. The Labute approximate surface area is 109 Å². The van der Waals surface area contributed by atoms with Crippen molar-refractivity contribution < 1.29 is 4.79 Å². The molecule has 17 heavy (non-hydrogen) atoms. The molecule has 1 heterocycles. The number of rotatable bonds is 9. The molecular formula is C15H24OS. The summed E-state index contributed by atoms with van der Waals surface area (Å²) in [6.07, 6.45) is 9.62. The molecule has 2 heteroatoms. The fourth-order valence-corrected chi connectivity index (χ4v) is 2.68. The van der Waals surface area contributed by atoms with Gasteiger partial charge in [-0.1, -0.05) is 45.4 Å². The lowest BCUT2D eigenvalue weighted by Gasteiger charge is -2.00. The number of Topliss-reactive ketones (excluding diaryl/α,β-unsaturated/α-hetero) is 1. The zero-order valence-electron chi connectivity index (χ0n) is 11.1. The van der Waals surface area contributed by atoms with E-state index in [0.29, 0.717) is 5.78 Å². The molecule has 0 aliphatic carbocycles. The molecule has 1 rings (SSSR count). The summed E-state index contributed by atoms with van der Waals surface area (Å²) in [5.74, 6) is 0.322. The SMILES string of the molecule is CCCCCCCCCC(=O)c1csc(C)c1. The van der Waals surface area contributed by atoms with Crippen molar-refractivity contribution in [3.8, 4) is 0 Å². The van der Waals surface area contributed by atoms with E-state index in [-0.39, 0.29) is 0 Å². The number of carbonyl (C=O) groups excluding carboxylic acids is 1. The highest BCUT2D eigenvalue weighted by molar-refractivity contribution is 7.10. The van der Waals surface area contributed by atoms with Crippen LogP contribution in [-0.2, 0) is 0 Å². The van der Waals surface area contributed by atoms with E-state index in [0.717, 1.165) is 18.4 Å². The van der Waals surface area contributed by atoms with Gasteiger partial charge in [-0.3, -0.25) is 4.79 Å². The fourth-order valence-electron chi connectivity index (χ4n) is 1.98. The van der Waals surface area contributed by atoms with Gasteiger partial charge >= 0.3 is 0 Å². The van der Waals surface area contributed by atoms with Crippen molar-refractivity contribution in [1.29, 1.82) is 0 Å². The summed E-state index contributed by atoms with van der Waals surface area (Å²) >= 11 is 1.66. The zero-order valence-corrected chi connectivity index (χ0v) is 11.9. The number of hydrogen-bond donors (Lipinski definition) is 0. The summed E-state index contributed by atoms with van der Waals surface area (Å²) in [5, 5.41) is 1.99. The average molecular weight is 252 g/mol. The van der Waals surface area contributed by atoms with Gasteiger partial charge in [0.1, 0.15) is 0 Å². The van der Waals surface area contributed by atoms with E-state index in [1.807, 2.05) is 11.4 Å². The van der Waals surface area contributed by atoms with Crippen molar-refractivity contribution in [3.63, 3.8) is 0 Å². The second kappa shape index (κ2) is 8.46. The molecule has 0 saturated heterocycles. The molecule has 0 aliphatic heterocycles. The van der Waals surface area contributed by atoms with Crippen molar-refractivity contribution >= 4 is 17.1 Å². The summed E-state index contributed by atoms with van der Waals surface area (Å²) in [6.45, 7) is 4.29. The highest BCUT2D eigenvalue weighted by atomic mass is 32.1. The Morgan fingerprint density at radius 3 is 2.35 bits per heavy atom. The number of hydrogen-bond acceptors (Lipinski definition) is 2. The molecule has 0 N–H and O–H groups in total. The van der Waals surface area contributed by atoms with Gasteiger partial charge in [-0.05, 0) is 19.4 Å². The van der Waals surface area contributed by atoms with Crippen LogP contribution in [0.3, 0.4) is 0 Å². The molecule has 0 aromatic carbocycles. The molecule has 0 radical (unpaired) electrons. The predicted molar refractivity (Wildman–Crippen MR) is 76.0 cm³/mol. The van der Waals surface area contributed by atoms with Gasteiger partial charge in [0.05, 0.1) is 0 Å². The third-order valence-corrected chi connectivity index (χ3v) is 3.92. The largest absolute Gasteiger partial charge is 0.294 e. The van der Waals surface area contributed by atoms with Gasteiger partial charge in [-0.2, -0.15) is 0 Å². The number of unbranched alkanes of at least 4 members (excludes halogenated alkanes) is 6. The minimum Gasteiger partial charge on any atom is -0.294 e. The lowest BCUT2D eigenvalue weighted by molar-refractivity contribution is 0.0979. The standard InChI is InChI=1S/C15H24OS/c1-3-4-5-6-7-8-9-10-15(16)14-11-13(2)17-12-14/h11-12H,3-10H2,1-2H3. The normalized spacial score (nSPS) is 10.7. The molecule has 0 amide bonds. The number of thiophene rings is 1. The summed E-state index contributed by atoms with van der Waals surface area (Å²) in [6, 6.07) is 2.01. The van der Waals surface area contributed by atoms with Crippen LogP contribution in [0.1, 0.15) is 73.5 Å². The van der Waals surface area contributed by atoms with E-state index in [1.165, 1.54) is 43.4 Å². The van der Waals surface area contributed by atoms with E-state index < -0.39 is 0 Å². The average Bonchev–Trinajstić information content (AvgIpc) is 2.74. The van der Waals surface area contributed by atoms with Gasteiger partial charge in [0.2, 0.25) is 0 Å². The third-order valence-electron chi connectivity index (χ3n) is 3.06. The lowest BCUT2D eigenvalue weighted by Crippen LogP contribution is -1.96. The lowest BCUT2D eigenvalue weighted by atomic mass is 10.0. The molecule has 96 valence electrons. The maximum atomic E-state index is 11.8. The smallest absolute Gasteiger partial charge is 0.163 e. The summed E-state index contributed by atoms with van der Waals surface area (Å²) in [7, 11) is 0. The molecule has 1 aromatic heterocycles. The maximum absolute atomic E-state index is 11.8. The molecule has 0 bridgehead atoms. The van der Waals surface area contributed by atoms with E-state index >= 15 is 0 Å². The molecule has 0 atom stereocenters. The van der Waals surface area contributed by atoms with Crippen LogP contribution in [0.2, 0.25) is 0 Å². The van der Waals surface area contributed by atoms with Gasteiger partial charge in [0, 0.05) is 22.2 Å². The van der Waals surface area contributed by atoms with Gasteiger partial charge in [0.15, 0.2) is 5.78 Å². The number of aryl methyl sites for hydroxylation is 1. The van der Waals surface area contributed by atoms with Crippen LogP contribution in [0.4, 0.5) is 0 Å². The topological polar surface area (TPSA) is 17.1 Å². The molecule has 1 nitrogen and oxygen atoms in total. The molecule has 0 spiro atoms. The molecule has 0 aliphatic rings. The van der Waals surface area contributed by atoms with E-state index in [9.17, 15) is 4.79 Å². The van der Waals surface area contributed by atoms with Crippen molar-refractivity contribution in [2.75, 3.05) is 0 Å². The minimum absolute atomic E-state index is 0.322. The van der Waals surface area contributed by atoms with Gasteiger partial charge in [-0.25, -0.2) is 0 Å². The quantitative estimate of drug-likeness (QED) is 0.426. The molecule has 0 saturated carbocycles. The van der Waals surface area contributed by atoms with Crippen LogP contribution in [0.5, 0.6) is 0 Å². The monoisotopic (exact) mass is 252 g/mol. The summed E-state index contributed by atoms with van der Waals surface area (Å²) in [4.78, 5) is 13.0. The highest BCUT2D eigenvalue weighted by Crippen LogP contribution is 2.16. The van der Waals surface area contributed by atoms with E-state index in [1.54, 1.807) is 11.3 Å². The van der Waals surface area contributed by atoms with E-state index in [4.69, 9.17) is 0 Å². The molecular weight excluding hydrogens is 228 g/mol. The summed E-state index contributed by atoms with van der Waals surface area (Å²) < 4.78 is 0. The first-order valence-corrected chi connectivity index (χ1v) is 7.70.